The number of carbonyl (C=O) groups is 1. The van der Waals surface area contributed by atoms with Gasteiger partial charge in [0.2, 0.25) is 0 Å². The van der Waals surface area contributed by atoms with Gasteiger partial charge in [-0.25, -0.2) is 0 Å². The maximum absolute atomic E-state index is 12.3. The Bertz CT molecular complexity index is 824. The maximum atomic E-state index is 12.3. The number of aromatic hydroxyl groups is 1. The Morgan fingerprint density at radius 3 is 2.52 bits per heavy atom. The first-order valence-corrected chi connectivity index (χ1v) is 6.73. The Kier molecular flexibility index (Phi) is 3.32. The van der Waals surface area contributed by atoms with Crippen LogP contribution in [0.2, 0.25) is 0 Å². The number of fused-ring (bicyclic) bond motifs is 1. The van der Waals surface area contributed by atoms with Crippen molar-refractivity contribution in [3.8, 4) is 5.75 Å². The van der Waals surface area contributed by atoms with Crippen molar-refractivity contribution in [3.05, 3.63) is 71.8 Å². The van der Waals surface area contributed by atoms with Crippen LogP contribution in [0.3, 0.4) is 0 Å². The highest BCUT2D eigenvalue weighted by molar-refractivity contribution is 6.07. The molecular weight excluding hydrogens is 262 g/mol. The summed E-state index contributed by atoms with van der Waals surface area (Å²) >= 11 is 0. The molecule has 21 heavy (non-hydrogen) atoms. The second kappa shape index (κ2) is 5.29. The number of anilines is 1. The van der Waals surface area contributed by atoms with Crippen molar-refractivity contribution in [1.82, 2.24) is 0 Å². The van der Waals surface area contributed by atoms with E-state index in [1.54, 1.807) is 24.3 Å². The third kappa shape index (κ3) is 2.72. The third-order valence-corrected chi connectivity index (χ3v) is 3.41. The van der Waals surface area contributed by atoms with Gasteiger partial charge in [-0.1, -0.05) is 36.4 Å². The molecule has 0 heterocycles. The lowest BCUT2D eigenvalue weighted by atomic mass is 10.1. The first-order valence-electron chi connectivity index (χ1n) is 6.73. The molecule has 0 spiro atoms. The van der Waals surface area contributed by atoms with Crippen LogP contribution in [0.4, 0.5) is 5.69 Å². The van der Waals surface area contributed by atoms with E-state index in [1.807, 2.05) is 43.3 Å². The highest BCUT2D eigenvalue weighted by Gasteiger charge is 2.09. The molecule has 0 aliphatic carbocycles. The van der Waals surface area contributed by atoms with E-state index in [-0.39, 0.29) is 11.7 Å². The molecule has 104 valence electrons. The Labute approximate surface area is 122 Å². The van der Waals surface area contributed by atoms with Crippen molar-refractivity contribution >= 4 is 22.4 Å². The van der Waals surface area contributed by atoms with Crippen LogP contribution in [0.25, 0.3) is 10.8 Å². The summed E-state index contributed by atoms with van der Waals surface area (Å²) in [5.74, 6) is -0.170. The van der Waals surface area contributed by atoms with Crippen LogP contribution >= 0.6 is 0 Å². The van der Waals surface area contributed by atoms with Gasteiger partial charge in [-0.2, -0.15) is 0 Å². The van der Waals surface area contributed by atoms with E-state index in [0.717, 1.165) is 16.3 Å². The largest absolute Gasteiger partial charge is 0.506 e. The van der Waals surface area contributed by atoms with Crippen molar-refractivity contribution in [2.24, 2.45) is 0 Å². The summed E-state index contributed by atoms with van der Waals surface area (Å²) in [6, 6.07) is 18.5. The van der Waals surface area contributed by atoms with Gasteiger partial charge in [0.05, 0.1) is 5.69 Å². The zero-order valence-electron chi connectivity index (χ0n) is 11.6. The van der Waals surface area contributed by atoms with Crippen molar-refractivity contribution in [2.75, 3.05) is 5.32 Å². The van der Waals surface area contributed by atoms with Crippen molar-refractivity contribution < 1.29 is 9.90 Å². The molecule has 3 nitrogen and oxygen atoms in total. The molecule has 0 fully saturated rings. The zero-order chi connectivity index (χ0) is 14.8. The molecule has 0 unspecified atom stereocenters. The summed E-state index contributed by atoms with van der Waals surface area (Å²) in [4.78, 5) is 12.3. The van der Waals surface area contributed by atoms with E-state index in [4.69, 9.17) is 0 Å². The second-order valence-corrected chi connectivity index (χ2v) is 5.04. The minimum Gasteiger partial charge on any atom is -0.506 e. The summed E-state index contributed by atoms with van der Waals surface area (Å²) in [5, 5.41) is 14.6. The number of nitrogens with one attached hydrogen (secondary N) is 1. The second-order valence-electron chi connectivity index (χ2n) is 5.04. The van der Waals surface area contributed by atoms with Gasteiger partial charge in [-0.05, 0) is 47.5 Å². The molecule has 0 saturated carbocycles. The van der Waals surface area contributed by atoms with Crippen LogP contribution in [0.5, 0.6) is 5.75 Å². The quantitative estimate of drug-likeness (QED) is 0.693. The van der Waals surface area contributed by atoms with E-state index in [2.05, 4.69) is 5.32 Å². The molecule has 2 N–H and O–H groups in total. The molecule has 0 atom stereocenters. The average molecular weight is 277 g/mol. The fraction of sp³-hybridized carbons (Fsp3) is 0.0556. The molecule has 0 bridgehead atoms. The lowest BCUT2D eigenvalue weighted by molar-refractivity contribution is 0.102. The monoisotopic (exact) mass is 277 g/mol. The van der Waals surface area contributed by atoms with Gasteiger partial charge >= 0.3 is 0 Å². The lowest BCUT2D eigenvalue weighted by Crippen LogP contribution is -2.12. The Morgan fingerprint density at radius 2 is 1.71 bits per heavy atom. The number of hydrogen-bond donors (Lipinski definition) is 2. The topological polar surface area (TPSA) is 49.3 Å². The summed E-state index contributed by atoms with van der Waals surface area (Å²) in [5.41, 5.74) is 1.96. The van der Waals surface area contributed by atoms with Crippen LogP contribution in [-0.4, -0.2) is 11.0 Å². The summed E-state index contributed by atoms with van der Waals surface area (Å²) in [6.07, 6.45) is 0. The Balaban J connectivity index is 1.91. The third-order valence-electron chi connectivity index (χ3n) is 3.41. The van der Waals surface area contributed by atoms with Crippen LogP contribution in [0.1, 0.15) is 15.9 Å². The van der Waals surface area contributed by atoms with Gasteiger partial charge < -0.3 is 10.4 Å². The first-order chi connectivity index (χ1) is 10.1. The van der Waals surface area contributed by atoms with Gasteiger partial charge in [-0.3, -0.25) is 4.79 Å². The van der Waals surface area contributed by atoms with Crippen LogP contribution in [0.15, 0.2) is 60.7 Å². The predicted octanol–water partition coefficient (Wildman–Crippen LogP) is 4.11. The molecule has 0 aliphatic heterocycles. The molecule has 3 aromatic rings. The number of phenols is 1. The number of amides is 1. The van der Waals surface area contributed by atoms with Crippen LogP contribution < -0.4 is 5.32 Å². The Hall–Kier alpha value is -2.81. The number of phenolic OH excluding ortho intramolecular Hbond substituents is 1. The first kappa shape index (κ1) is 13.2. The lowest BCUT2D eigenvalue weighted by Gasteiger charge is -2.09. The van der Waals surface area contributed by atoms with Crippen LogP contribution in [0, 0.1) is 6.92 Å². The van der Waals surface area contributed by atoms with Gasteiger partial charge in [0.25, 0.3) is 5.91 Å². The van der Waals surface area contributed by atoms with E-state index >= 15 is 0 Å². The standard InChI is InChI=1S/C18H15NO2/c1-12-6-9-17(20)16(10-12)19-18(21)15-8-7-13-4-2-3-5-14(13)11-15/h2-11,20H,1H3,(H,19,21). The van der Waals surface area contributed by atoms with Gasteiger partial charge in [0, 0.05) is 5.56 Å². The fourth-order valence-electron chi connectivity index (χ4n) is 2.28. The molecule has 0 radical (unpaired) electrons. The minimum absolute atomic E-state index is 0.0646. The molecule has 0 saturated heterocycles. The molecule has 0 aliphatic rings. The molecule has 3 aromatic carbocycles. The number of hydrogen-bond acceptors (Lipinski definition) is 2. The van der Waals surface area contributed by atoms with Gasteiger partial charge in [-0.15, -0.1) is 0 Å². The molecule has 1 amide bonds. The highest BCUT2D eigenvalue weighted by Crippen LogP contribution is 2.25. The summed E-state index contributed by atoms with van der Waals surface area (Å²) in [7, 11) is 0. The number of aryl methyl sites for hydroxylation is 1. The van der Waals surface area contributed by atoms with E-state index in [1.165, 1.54) is 0 Å². The summed E-state index contributed by atoms with van der Waals surface area (Å²) < 4.78 is 0. The molecule has 3 rings (SSSR count). The maximum Gasteiger partial charge on any atom is 0.255 e. The number of benzene rings is 3. The van der Waals surface area contributed by atoms with E-state index in [0.29, 0.717) is 11.3 Å². The van der Waals surface area contributed by atoms with Gasteiger partial charge in [0.1, 0.15) is 5.75 Å². The molecule has 3 heteroatoms. The van der Waals surface area contributed by atoms with E-state index < -0.39 is 0 Å². The van der Waals surface area contributed by atoms with Gasteiger partial charge in [0.15, 0.2) is 0 Å². The van der Waals surface area contributed by atoms with Crippen molar-refractivity contribution in [1.29, 1.82) is 0 Å². The smallest absolute Gasteiger partial charge is 0.255 e. The predicted molar refractivity (Wildman–Crippen MR) is 84.7 cm³/mol. The zero-order valence-corrected chi connectivity index (χ0v) is 11.6. The van der Waals surface area contributed by atoms with Crippen molar-refractivity contribution in [3.63, 3.8) is 0 Å². The molecule has 0 aromatic heterocycles. The summed E-state index contributed by atoms with van der Waals surface area (Å²) in [6.45, 7) is 1.91. The highest BCUT2D eigenvalue weighted by atomic mass is 16.3. The minimum atomic E-state index is -0.235. The van der Waals surface area contributed by atoms with E-state index in [9.17, 15) is 9.90 Å². The Morgan fingerprint density at radius 1 is 0.952 bits per heavy atom. The normalized spacial score (nSPS) is 10.5. The fourth-order valence-corrected chi connectivity index (χ4v) is 2.28. The average Bonchev–Trinajstić information content (AvgIpc) is 2.50. The number of carbonyl (C=O) groups excluding carboxylic acids is 1. The number of rotatable bonds is 2. The van der Waals surface area contributed by atoms with Crippen molar-refractivity contribution in [2.45, 2.75) is 6.92 Å². The van der Waals surface area contributed by atoms with Crippen LogP contribution in [-0.2, 0) is 0 Å². The molecular formula is C18H15NO2. The SMILES string of the molecule is Cc1ccc(O)c(NC(=O)c2ccc3ccccc3c2)c1.